The van der Waals surface area contributed by atoms with Crippen molar-refractivity contribution in [3.63, 3.8) is 0 Å². The Hall–Kier alpha value is -1.70. The maximum absolute atomic E-state index is 12.4. The van der Waals surface area contributed by atoms with E-state index in [2.05, 4.69) is 19.6 Å². The molecule has 2 aromatic rings. The van der Waals surface area contributed by atoms with Crippen molar-refractivity contribution in [1.29, 1.82) is 0 Å². The van der Waals surface area contributed by atoms with Crippen LogP contribution in [0.3, 0.4) is 0 Å². The van der Waals surface area contributed by atoms with Gasteiger partial charge in [-0.05, 0) is 37.0 Å². The Bertz CT molecular complexity index is 738. The summed E-state index contributed by atoms with van der Waals surface area (Å²) in [4.78, 5) is 19.3. The van der Waals surface area contributed by atoms with Crippen LogP contribution in [0, 0.1) is 5.92 Å². The summed E-state index contributed by atoms with van der Waals surface area (Å²) in [6.45, 7) is 2.94. The van der Waals surface area contributed by atoms with Crippen LogP contribution in [0.25, 0.3) is 0 Å². The van der Waals surface area contributed by atoms with Gasteiger partial charge < -0.3 is 15.0 Å². The van der Waals surface area contributed by atoms with E-state index in [1.807, 2.05) is 24.3 Å². The standard InChI is InChI=1S/C19H25ClN4O2S/c1-26-11-3-9-21-18(25)15-4-2-10-24(13-15)19-22-17(23-27-19)12-14-5-7-16(20)8-6-14/h5-8,15H,2-4,9-13H2,1H3,(H,21,25). The molecule has 1 amide bonds. The molecule has 1 aromatic carbocycles. The van der Waals surface area contributed by atoms with Gasteiger partial charge in [-0.2, -0.15) is 4.37 Å². The Balaban J connectivity index is 1.54. The van der Waals surface area contributed by atoms with Gasteiger partial charge in [0.2, 0.25) is 11.0 Å². The van der Waals surface area contributed by atoms with Crippen molar-refractivity contribution in [1.82, 2.24) is 14.7 Å². The largest absolute Gasteiger partial charge is 0.385 e. The van der Waals surface area contributed by atoms with Crippen LogP contribution in [0.5, 0.6) is 0 Å². The molecule has 8 heteroatoms. The number of nitrogens with one attached hydrogen (secondary N) is 1. The maximum atomic E-state index is 12.4. The Kier molecular flexibility index (Phi) is 7.43. The van der Waals surface area contributed by atoms with Crippen molar-refractivity contribution >= 4 is 34.2 Å². The average molecular weight is 409 g/mol. The fourth-order valence-electron chi connectivity index (χ4n) is 3.17. The summed E-state index contributed by atoms with van der Waals surface area (Å²) in [6, 6.07) is 7.75. The van der Waals surface area contributed by atoms with Gasteiger partial charge in [0, 0.05) is 56.3 Å². The van der Waals surface area contributed by atoms with Crippen LogP contribution in [0.2, 0.25) is 5.02 Å². The third-order valence-electron chi connectivity index (χ3n) is 4.62. The molecular formula is C19H25ClN4O2S. The van der Waals surface area contributed by atoms with Crippen molar-refractivity contribution < 1.29 is 9.53 Å². The van der Waals surface area contributed by atoms with Gasteiger partial charge in [0.25, 0.3) is 0 Å². The molecule has 3 rings (SSSR count). The van der Waals surface area contributed by atoms with Gasteiger partial charge in [-0.1, -0.05) is 23.7 Å². The van der Waals surface area contributed by atoms with Crippen LogP contribution in [-0.2, 0) is 16.0 Å². The van der Waals surface area contributed by atoms with E-state index < -0.39 is 0 Å². The number of hydrogen-bond acceptors (Lipinski definition) is 6. The second-order valence-corrected chi connectivity index (χ2v) is 7.89. The van der Waals surface area contributed by atoms with Crippen LogP contribution in [0.15, 0.2) is 24.3 Å². The first kappa shape index (κ1) is 20.0. The molecule has 1 N–H and O–H groups in total. The van der Waals surface area contributed by atoms with Gasteiger partial charge in [-0.15, -0.1) is 0 Å². The van der Waals surface area contributed by atoms with Gasteiger partial charge in [-0.25, -0.2) is 4.98 Å². The van der Waals surface area contributed by atoms with Crippen LogP contribution >= 0.6 is 23.1 Å². The number of ether oxygens (including phenoxy) is 1. The molecule has 0 spiro atoms. The van der Waals surface area contributed by atoms with Gasteiger partial charge >= 0.3 is 0 Å². The lowest BCUT2D eigenvalue weighted by atomic mass is 9.97. The second kappa shape index (κ2) is 10.0. The van der Waals surface area contributed by atoms with Gasteiger partial charge in [0.05, 0.1) is 5.92 Å². The summed E-state index contributed by atoms with van der Waals surface area (Å²) in [6.07, 6.45) is 3.43. The zero-order valence-corrected chi connectivity index (χ0v) is 17.1. The highest BCUT2D eigenvalue weighted by molar-refractivity contribution is 7.09. The van der Waals surface area contributed by atoms with Gasteiger partial charge in [-0.3, -0.25) is 4.79 Å². The minimum Gasteiger partial charge on any atom is -0.385 e. The van der Waals surface area contributed by atoms with Crippen LogP contribution in [0.1, 0.15) is 30.7 Å². The zero-order chi connectivity index (χ0) is 19.1. The fraction of sp³-hybridized carbons (Fsp3) is 0.526. The van der Waals surface area contributed by atoms with Crippen LogP contribution in [0.4, 0.5) is 5.13 Å². The Morgan fingerprint density at radius 2 is 2.22 bits per heavy atom. The van der Waals surface area contributed by atoms with Crippen molar-refractivity contribution in [2.75, 3.05) is 38.3 Å². The minimum atomic E-state index is 0.00455. The van der Waals surface area contributed by atoms with E-state index in [-0.39, 0.29) is 11.8 Å². The number of methoxy groups -OCH3 is 1. The van der Waals surface area contributed by atoms with E-state index in [1.54, 1.807) is 7.11 Å². The number of hydrogen-bond donors (Lipinski definition) is 1. The van der Waals surface area contributed by atoms with Gasteiger partial charge in [0.1, 0.15) is 5.82 Å². The van der Waals surface area contributed by atoms with E-state index in [0.717, 1.165) is 47.3 Å². The molecule has 1 unspecified atom stereocenters. The highest BCUT2D eigenvalue weighted by atomic mass is 35.5. The SMILES string of the molecule is COCCCNC(=O)C1CCCN(c2nc(Cc3ccc(Cl)cc3)ns2)C1. The zero-order valence-electron chi connectivity index (χ0n) is 15.5. The summed E-state index contributed by atoms with van der Waals surface area (Å²) in [5.41, 5.74) is 1.13. The number of piperidine rings is 1. The lowest BCUT2D eigenvalue weighted by Crippen LogP contribution is -2.43. The monoisotopic (exact) mass is 408 g/mol. The summed E-state index contributed by atoms with van der Waals surface area (Å²) in [5, 5.41) is 4.64. The van der Waals surface area contributed by atoms with E-state index in [4.69, 9.17) is 16.3 Å². The lowest BCUT2D eigenvalue weighted by Gasteiger charge is -2.31. The first-order valence-electron chi connectivity index (χ1n) is 9.24. The molecule has 6 nitrogen and oxygen atoms in total. The molecule has 0 saturated carbocycles. The molecular weight excluding hydrogens is 384 g/mol. The number of halogens is 1. The van der Waals surface area contributed by atoms with Crippen LogP contribution in [-0.4, -0.2) is 48.6 Å². The molecule has 0 radical (unpaired) electrons. The molecule has 1 aromatic heterocycles. The molecule has 1 saturated heterocycles. The smallest absolute Gasteiger partial charge is 0.224 e. The van der Waals surface area contributed by atoms with E-state index in [0.29, 0.717) is 26.1 Å². The molecule has 146 valence electrons. The Morgan fingerprint density at radius 1 is 1.41 bits per heavy atom. The summed E-state index contributed by atoms with van der Waals surface area (Å²) >= 11 is 7.34. The van der Waals surface area contributed by atoms with E-state index in [1.165, 1.54) is 11.5 Å². The van der Waals surface area contributed by atoms with Crippen molar-refractivity contribution in [2.45, 2.75) is 25.7 Å². The molecule has 1 aliphatic heterocycles. The third-order valence-corrected chi connectivity index (χ3v) is 5.69. The molecule has 1 aliphatic rings. The number of aromatic nitrogens is 2. The lowest BCUT2D eigenvalue weighted by molar-refractivity contribution is -0.125. The highest BCUT2D eigenvalue weighted by Crippen LogP contribution is 2.25. The molecule has 0 bridgehead atoms. The van der Waals surface area contributed by atoms with Crippen molar-refractivity contribution in [3.05, 3.63) is 40.7 Å². The van der Waals surface area contributed by atoms with Crippen LogP contribution < -0.4 is 10.2 Å². The number of anilines is 1. The molecule has 0 aliphatic carbocycles. The first-order valence-corrected chi connectivity index (χ1v) is 10.4. The van der Waals surface area contributed by atoms with E-state index >= 15 is 0 Å². The highest BCUT2D eigenvalue weighted by Gasteiger charge is 2.27. The fourth-order valence-corrected chi connectivity index (χ4v) is 4.01. The molecule has 1 atom stereocenters. The number of amides is 1. The molecule has 1 fully saturated rings. The normalized spacial score (nSPS) is 17.1. The predicted molar refractivity (Wildman–Crippen MR) is 109 cm³/mol. The van der Waals surface area contributed by atoms with Crippen molar-refractivity contribution in [3.8, 4) is 0 Å². The quantitative estimate of drug-likeness (QED) is 0.679. The summed E-state index contributed by atoms with van der Waals surface area (Å²) in [7, 11) is 1.67. The molecule has 2 heterocycles. The first-order chi connectivity index (χ1) is 13.2. The third kappa shape index (κ3) is 5.89. The Morgan fingerprint density at radius 3 is 3.00 bits per heavy atom. The Labute approximate surface area is 169 Å². The average Bonchev–Trinajstić information content (AvgIpc) is 3.15. The molecule has 27 heavy (non-hydrogen) atoms. The summed E-state index contributed by atoms with van der Waals surface area (Å²) < 4.78 is 9.51. The minimum absolute atomic E-state index is 0.00455. The van der Waals surface area contributed by atoms with E-state index in [9.17, 15) is 4.79 Å². The van der Waals surface area contributed by atoms with Gasteiger partial charge in [0.15, 0.2) is 0 Å². The topological polar surface area (TPSA) is 67.3 Å². The second-order valence-electron chi connectivity index (χ2n) is 6.72. The summed E-state index contributed by atoms with van der Waals surface area (Å²) in [5.74, 6) is 0.940. The number of rotatable bonds is 8. The predicted octanol–water partition coefficient (Wildman–Crippen LogP) is 3.15. The maximum Gasteiger partial charge on any atom is 0.224 e. The van der Waals surface area contributed by atoms with Crippen molar-refractivity contribution in [2.24, 2.45) is 5.92 Å². The number of benzene rings is 1. The number of carbonyl (C=O) groups is 1. The number of nitrogens with zero attached hydrogens (tertiary/aromatic N) is 3. The number of carbonyl (C=O) groups excluding carboxylic acids is 1.